The van der Waals surface area contributed by atoms with Gasteiger partial charge in [-0.15, -0.1) is 0 Å². The van der Waals surface area contributed by atoms with Crippen LogP contribution in [0.2, 0.25) is 0 Å². The summed E-state index contributed by atoms with van der Waals surface area (Å²) in [5.41, 5.74) is 3.88. The summed E-state index contributed by atoms with van der Waals surface area (Å²) in [6.45, 7) is 2.16. The fourth-order valence-electron chi connectivity index (χ4n) is 2.90. The molecule has 0 aliphatic carbocycles. The van der Waals surface area contributed by atoms with Gasteiger partial charge in [-0.2, -0.15) is 0 Å². The summed E-state index contributed by atoms with van der Waals surface area (Å²) in [5.74, 6) is 6.71. The van der Waals surface area contributed by atoms with Gasteiger partial charge in [0.1, 0.15) is 0 Å². The smallest absolute Gasteiger partial charge is 0.0323 e. The molecule has 0 saturated heterocycles. The van der Waals surface area contributed by atoms with E-state index in [0.29, 0.717) is 0 Å². The zero-order valence-electron chi connectivity index (χ0n) is 13.7. The molecule has 3 aromatic carbocycles. The summed E-state index contributed by atoms with van der Waals surface area (Å²) in [7, 11) is 0. The van der Waals surface area contributed by atoms with Gasteiger partial charge in [0.15, 0.2) is 0 Å². The average molecular weight is 298 g/mol. The average Bonchev–Trinajstić information content (AvgIpc) is 2.61. The minimum Gasteiger partial charge on any atom is -0.0979 e. The lowest BCUT2D eigenvalue weighted by Gasteiger charge is -2.03. The van der Waals surface area contributed by atoms with E-state index in [2.05, 4.69) is 85.5 Å². The molecule has 0 amide bonds. The molecule has 3 rings (SSSR count). The van der Waals surface area contributed by atoms with Crippen LogP contribution in [0.1, 0.15) is 36.0 Å². The maximum absolute atomic E-state index is 3.36. The van der Waals surface area contributed by atoms with Crippen molar-refractivity contribution in [2.75, 3.05) is 0 Å². The Morgan fingerprint density at radius 2 is 1.48 bits per heavy atom. The van der Waals surface area contributed by atoms with Crippen molar-refractivity contribution < 1.29 is 0 Å². The molecule has 0 spiro atoms. The van der Waals surface area contributed by atoms with E-state index in [4.69, 9.17) is 0 Å². The number of benzene rings is 3. The summed E-state index contributed by atoms with van der Waals surface area (Å²) in [4.78, 5) is 0. The van der Waals surface area contributed by atoms with Crippen molar-refractivity contribution >= 4 is 10.8 Å². The van der Waals surface area contributed by atoms with E-state index in [1.54, 1.807) is 0 Å². The molecule has 0 heteroatoms. The van der Waals surface area contributed by atoms with Crippen molar-refractivity contribution in [3.8, 4) is 11.8 Å². The zero-order valence-corrected chi connectivity index (χ0v) is 13.7. The van der Waals surface area contributed by atoms with Crippen LogP contribution in [-0.2, 0) is 6.42 Å². The molecule has 3 aromatic rings. The highest BCUT2D eigenvalue weighted by molar-refractivity contribution is 5.90. The topological polar surface area (TPSA) is 0 Å². The molecule has 0 aliphatic rings. The summed E-state index contributed by atoms with van der Waals surface area (Å²) < 4.78 is 0. The first-order valence-electron chi connectivity index (χ1n) is 8.36. The number of aryl methyl sites for hydroxylation is 2. The van der Waals surface area contributed by atoms with Gasteiger partial charge >= 0.3 is 0 Å². The van der Waals surface area contributed by atoms with Crippen molar-refractivity contribution in [1.29, 1.82) is 0 Å². The largest absolute Gasteiger partial charge is 0.0979 e. The van der Waals surface area contributed by atoms with Crippen LogP contribution < -0.4 is 0 Å². The maximum Gasteiger partial charge on any atom is 0.0323 e. The third kappa shape index (κ3) is 4.02. The zero-order chi connectivity index (χ0) is 15.9. The molecule has 0 saturated carbocycles. The lowest BCUT2D eigenvalue weighted by atomic mass is 10.0. The Morgan fingerprint density at radius 1 is 0.739 bits per heavy atom. The Hall–Kier alpha value is -2.52. The predicted molar refractivity (Wildman–Crippen MR) is 99.6 cm³/mol. The number of fused-ring (bicyclic) bond motifs is 1. The second kappa shape index (κ2) is 7.65. The van der Waals surface area contributed by atoms with Crippen molar-refractivity contribution in [2.45, 2.75) is 32.6 Å². The highest BCUT2D eigenvalue weighted by atomic mass is 14.0. The van der Waals surface area contributed by atoms with Crippen LogP contribution in [0.4, 0.5) is 0 Å². The first-order chi connectivity index (χ1) is 11.3. The number of hydrogen-bond donors (Lipinski definition) is 0. The van der Waals surface area contributed by atoms with Crippen molar-refractivity contribution in [2.24, 2.45) is 0 Å². The van der Waals surface area contributed by atoms with Crippen LogP contribution in [0.5, 0.6) is 0 Å². The number of rotatable bonds is 4. The third-order valence-corrected chi connectivity index (χ3v) is 4.23. The SMILES string of the molecule is Cc1ccc(C#CCCCCc2ccccc2)c2ccccc12. The molecule has 0 aliphatic heterocycles. The molecule has 0 aromatic heterocycles. The first kappa shape index (κ1) is 15.4. The quantitative estimate of drug-likeness (QED) is 0.415. The Kier molecular flexibility index (Phi) is 5.12. The van der Waals surface area contributed by atoms with E-state index >= 15 is 0 Å². The third-order valence-electron chi connectivity index (χ3n) is 4.23. The van der Waals surface area contributed by atoms with Crippen LogP contribution in [0.15, 0.2) is 66.7 Å². The number of unbranched alkanes of at least 4 members (excludes halogenated alkanes) is 2. The first-order valence-corrected chi connectivity index (χ1v) is 8.36. The van der Waals surface area contributed by atoms with Crippen molar-refractivity contribution in [3.05, 3.63) is 83.4 Å². The van der Waals surface area contributed by atoms with Gasteiger partial charge in [0.2, 0.25) is 0 Å². The minimum atomic E-state index is 0.967. The monoisotopic (exact) mass is 298 g/mol. The molecule has 0 bridgehead atoms. The van der Waals surface area contributed by atoms with Crippen LogP contribution in [0, 0.1) is 18.8 Å². The summed E-state index contributed by atoms with van der Waals surface area (Å²) in [5, 5.41) is 2.58. The normalized spacial score (nSPS) is 10.3. The van der Waals surface area contributed by atoms with E-state index < -0.39 is 0 Å². The standard InChI is InChI=1S/C23H22/c1-19-17-18-21(23-16-10-9-15-22(19)23)14-8-3-2-5-11-20-12-6-4-7-13-20/h4,6-7,9-10,12-13,15-18H,2-3,5,11H2,1H3. The Labute approximate surface area is 139 Å². The van der Waals surface area contributed by atoms with Crippen LogP contribution in [0.25, 0.3) is 10.8 Å². The van der Waals surface area contributed by atoms with E-state index in [1.807, 2.05) is 0 Å². The fraction of sp³-hybridized carbons (Fsp3) is 0.217. The second-order valence-electron chi connectivity index (χ2n) is 5.97. The molecule has 0 nitrogen and oxygen atoms in total. The Morgan fingerprint density at radius 3 is 2.30 bits per heavy atom. The van der Waals surface area contributed by atoms with E-state index in [1.165, 1.54) is 28.3 Å². The van der Waals surface area contributed by atoms with Crippen LogP contribution in [0.3, 0.4) is 0 Å². The molecular formula is C23H22. The van der Waals surface area contributed by atoms with Gasteiger partial charge < -0.3 is 0 Å². The highest BCUT2D eigenvalue weighted by Gasteiger charge is 2.00. The Bertz CT molecular complexity index is 832. The van der Waals surface area contributed by atoms with E-state index in [0.717, 1.165) is 24.8 Å². The molecule has 23 heavy (non-hydrogen) atoms. The van der Waals surface area contributed by atoms with Gasteiger partial charge in [-0.3, -0.25) is 0 Å². The molecule has 0 unspecified atom stereocenters. The van der Waals surface area contributed by atoms with Crippen molar-refractivity contribution in [3.63, 3.8) is 0 Å². The summed E-state index contributed by atoms with van der Waals surface area (Å²) >= 11 is 0. The van der Waals surface area contributed by atoms with Gasteiger partial charge in [0, 0.05) is 12.0 Å². The minimum absolute atomic E-state index is 0.967. The van der Waals surface area contributed by atoms with Gasteiger partial charge in [-0.25, -0.2) is 0 Å². The Balaban J connectivity index is 1.59. The molecule has 0 atom stereocenters. The highest BCUT2D eigenvalue weighted by Crippen LogP contribution is 2.21. The van der Waals surface area contributed by atoms with Gasteiger partial charge in [0.05, 0.1) is 0 Å². The van der Waals surface area contributed by atoms with Gasteiger partial charge in [-0.1, -0.05) is 72.5 Å². The number of hydrogen-bond acceptors (Lipinski definition) is 0. The second-order valence-corrected chi connectivity index (χ2v) is 5.97. The molecule has 0 N–H and O–H groups in total. The fourth-order valence-corrected chi connectivity index (χ4v) is 2.90. The van der Waals surface area contributed by atoms with Gasteiger partial charge in [-0.05, 0) is 54.2 Å². The summed E-state index contributed by atoms with van der Waals surface area (Å²) in [6, 6.07) is 23.5. The van der Waals surface area contributed by atoms with Crippen LogP contribution in [-0.4, -0.2) is 0 Å². The molecule has 0 fully saturated rings. The predicted octanol–water partition coefficient (Wildman–Crippen LogP) is 5.91. The van der Waals surface area contributed by atoms with E-state index in [9.17, 15) is 0 Å². The lowest BCUT2D eigenvalue weighted by molar-refractivity contribution is 0.756. The van der Waals surface area contributed by atoms with Crippen molar-refractivity contribution in [1.82, 2.24) is 0 Å². The lowest BCUT2D eigenvalue weighted by Crippen LogP contribution is -1.85. The molecule has 0 radical (unpaired) electrons. The van der Waals surface area contributed by atoms with Gasteiger partial charge in [0.25, 0.3) is 0 Å². The molecular weight excluding hydrogens is 276 g/mol. The summed E-state index contributed by atoms with van der Waals surface area (Å²) in [6.07, 6.45) is 4.48. The van der Waals surface area contributed by atoms with Crippen LogP contribution >= 0.6 is 0 Å². The molecule has 0 heterocycles. The molecule has 114 valence electrons. The van der Waals surface area contributed by atoms with E-state index in [-0.39, 0.29) is 0 Å². The maximum atomic E-state index is 3.36.